The summed E-state index contributed by atoms with van der Waals surface area (Å²) in [7, 11) is 0. The van der Waals surface area contributed by atoms with E-state index in [4.69, 9.17) is 4.42 Å². The zero-order chi connectivity index (χ0) is 22.8. The Morgan fingerprint density at radius 3 is 2.76 bits per heavy atom. The molecule has 2 aromatic carbocycles. The molecule has 170 valence electrons. The molecule has 0 radical (unpaired) electrons. The Morgan fingerprint density at radius 1 is 1.15 bits per heavy atom. The van der Waals surface area contributed by atoms with Crippen molar-refractivity contribution in [3.05, 3.63) is 66.3 Å². The molecular weight excluding hydrogens is 427 g/mol. The third-order valence-corrected chi connectivity index (χ3v) is 5.98. The Hall–Kier alpha value is -3.79. The number of benzene rings is 2. The van der Waals surface area contributed by atoms with Crippen molar-refractivity contribution in [1.29, 1.82) is 0 Å². The number of amides is 3. The number of hydrogen-bond acceptors (Lipinski definition) is 6. The van der Waals surface area contributed by atoms with Crippen molar-refractivity contribution < 1.29 is 18.4 Å². The lowest BCUT2D eigenvalue weighted by Crippen LogP contribution is -2.58. The van der Waals surface area contributed by atoms with E-state index in [1.807, 2.05) is 30.3 Å². The molecule has 10 heteroatoms. The normalized spacial score (nSPS) is 22.5. The van der Waals surface area contributed by atoms with Crippen molar-refractivity contribution in [1.82, 2.24) is 25.7 Å². The van der Waals surface area contributed by atoms with Crippen LogP contribution in [0.2, 0.25) is 0 Å². The maximum Gasteiger partial charge on any atom is 0.319 e. The van der Waals surface area contributed by atoms with E-state index in [-0.39, 0.29) is 29.7 Å². The van der Waals surface area contributed by atoms with Crippen molar-refractivity contribution in [3.63, 3.8) is 0 Å². The summed E-state index contributed by atoms with van der Waals surface area (Å²) in [6, 6.07) is 14.3. The fourth-order valence-electron chi connectivity index (χ4n) is 4.41. The van der Waals surface area contributed by atoms with Crippen LogP contribution in [0.15, 0.2) is 59.0 Å². The molecule has 9 nitrogen and oxygen atoms in total. The third kappa shape index (κ3) is 4.56. The van der Waals surface area contributed by atoms with Gasteiger partial charge < -0.3 is 20.4 Å². The number of halogens is 1. The van der Waals surface area contributed by atoms with Gasteiger partial charge in [-0.25, -0.2) is 9.18 Å². The second-order valence-electron chi connectivity index (χ2n) is 8.19. The van der Waals surface area contributed by atoms with E-state index in [1.54, 1.807) is 12.1 Å². The first-order chi connectivity index (χ1) is 16.1. The average molecular weight is 450 g/mol. The number of nitrogens with zero attached hydrogens (tertiary/aromatic N) is 3. The molecule has 2 saturated heterocycles. The minimum absolute atomic E-state index is 0.0433. The van der Waals surface area contributed by atoms with Gasteiger partial charge in [0.2, 0.25) is 17.7 Å². The predicted octanol–water partition coefficient (Wildman–Crippen LogP) is 2.18. The summed E-state index contributed by atoms with van der Waals surface area (Å²) < 4.78 is 19.6. The summed E-state index contributed by atoms with van der Waals surface area (Å²) in [5.41, 5.74) is 0.948. The third-order valence-electron chi connectivity index (χ3n) is 5.98. The highest BCUT2D eigenvalue weighted by Crippen LogP contribution is 2.26. The largest absolute Gasteiger partial charge is 0.421 e. The topological polar surface area (TPSA) is 112 Å². The van der Waals surface area contributed by atoms with E-state index in [0.29, 0.717) is 37.7 Å². The zero-order valence-corrected chi connectivity index (χ0v) is 17.7. The van der Waals surface area contributed by atoms with E-state index in [0.717, 1.165) is 5.56 Å². The number of anilines is 1. The number of piperazine rings is 1. The van der Waals surface area contributed by atoms with Crippen molar-refractivity contribution in [2.75, 3.05) is 18.4 Å². The molecule has 33 heavy (non-hydrogen) atoms. The SMILES string of the molecule is O=C(Nc1ccccc1F)N[C@H]1C[C@H]2C(=O)NC[C@@H](Cc3nnc(-c4ccccc4)o3)N2C1. The number of fused-ring (bicyclic) bond motifs is 1. The molecule has 3 N–H and O–H groups in total. The summed E-state index contributed by atoms with van der Waals surface area (Å²) in [5.74, 6) is 0.362. The summed E-state index contributed by atoms with van der Waals surface area (Å²) in [6.07, 6.45) is 0.941. The highest BCUT2D eigenvalue weighted by atomic mass is 19.1. The van der Waals surface area contributed by atoms with Gasteiger partial charge in [-0.05, 0) is 30.7 Å². The second-order valence-corrected chi connectivity index (χ2v) is 8.19. The van der Waals surface area contributed by atoms with Crippen molar-refractivity contribution in [2.24, 2.45) is 0 Å². The number of para-hydroxylation sites is 1. The van der Waals surface area contributed by atoms with E-state index in [2.05, 4.69) is 31.0 Å². The number of carbonyl (C=O) groups is 2. The van der Waals surface area contributed by atoms with Gasteiger partial charge in [-0.2, -0.15) is 0 Å². The number of urea groups is 1. The van der Waals surface area contributed by atoms with Gasteiger partial charge in [-0.3, -0.25) is 9.69 Å². The molecule has 3 atom stereocenters. The zero-order valence-electron chi connectivity index (χ0n) is 17.7. The smallest absolute Gasteiger partial charge is 0.319 e. The quantitative estimate of drug-likeness (QED) is 0.549. The van der Waals surface area contributed by atoms with Gasteiger partial charge in [-0.15, -0.1) is 10.2 Å². The Morgan fingerprint density at radius 2 is 1.94 bits per heavy atom. The van der Waals surface area contributed by atoms with E-state index in [9.17, 15) is 14.0 Å². The van der Waals surface area contributed by atoms with E-state index < -0.39 is 11.8 Å². The molecule has 3 amide bonds. The summed E-state index contributed by atoms with van der Waals surface area (Å²) >= 11 is 0. The van der Waals surface area contributed by atoms with Crippen LogP contribution in [0.25, 0.3) is 11.5 Å². The molecule has 3 aromatic rings. The second kappa shape index (κ2) is 8.99. The van der Waals surface area contributed by atoms with Gasteiger partial charge in [-0.1, -0.05) is 30.3 Å². The minimum Gasteiger partial charge on any atom is -0.421 e. The number of nitrogens with one attached hydrogen (secondary N) is 3. The average Bonchev–Trinajstić information content (AvgIpc) is 3.46. The maximum absolute atomic E-state index is 13.8. The Labute approximate surface area is 189 Å². The van der Waals surface area contributed by atoms with Crippen LogP contribution in [0, 0.1) is 5.82 Å². The number of hydrogen-bond donors (Lipinski definition) is 3. The monoisotopic (exact) mass is 450 g/mol. The van der Waals surface area contributed by atoms with Crippen LogP contribution in [0.3, 0.4) is 0 Å². The van der Waals surface area contributed by atoms with Crippen LogP contribution >= 0.6 is 0 Å². The lowest BCUT2D eigenvalue weighted by Gasteiger charge is -2.36. The summed E-state index contributed by atoms with van der Waals surface area (Å²) in [5, 5.41) is 16.6. The lowest BCUT2D eigenvalue weighted by atomic mass is 10.1. The molecule has 3 heterocycles. The van der Waals surface area contributed by atoms with Crippen molar-refractivity contribution in [3.8, 4) is 11.5 Å². The van der Waals surface area contributed by atoms with Crippen LogP contribution in [0.1, 0.15) is 12.3 Å². The van der Waals surface area contributed by atoms with Crippen molar-refractivity contribution >= 4 is 17.6 Å². The van der Waals surface area contributed by atoms with Gasteiger partial charge in [0.15, 0.2) is 0 Å². The number of rotatable bonds is 5. The Kier molecular flexibility index (Phi) is 5.74. The van der Waals surface area contributed by atoms with Gasteiger partial charge in [0, 0.05) is 37.2 Å². The molecule has 0 aliphatic carbocycles. The van der Waals surface area contributed by atoms with Gasteiger partial charge in [0.25, 0.3) is 0 Å². The molecule has 2 aliphatic heterocycles. The molecule has 1 aromatic heterocycles. The van der Waals surface area contributed by atoms with Crippen LogP contribution in [-0.2, 0) is 11.2 Å². The molecule has 0 saturated carbocycles. The Bertz CT molecular complexity index is 1150. The van der Waals surface area contributed by atoms with Crippen LogP contribution in [0.4, 0.5) is 14.9 Å². The number of aromatic nitrogens is 2. The fraction of sp³-hybridized carbons (Fsp3) is 0.304. The summed E-state index contributed by atoms with van der Waals surface area (Å²) in [4.78, 5) is 26.9. The molecular formula is C23H23FN6O3. The molecule has 2 fully saturated rings. The Balaban J connectivity index is 1.23. The van der Waals surface area contributed by atoms with Crippen molar-refractivity contribution in [2.45, 2.75) is 31.0 Å². The predicted molar refractivity (Wildman–Crippen MR) is 118 cm³/mol. The minimum atomic E-state index is -0.509. The van der Waals surface area contributed by atoms with Gasteiger partial charge in [0.05, 0.1) is 11.7 Å². The van der Waals surface area contributed by atoms with Crippen LogP contribution in [-0.4, -0.2) is 58.3 Å². The molecule has 2 aliphatic rings. The lowest BCUT2D eigenvalue weighted by molar-refractivity contribution is -0.129. The van der Waals surface area contributed by atoms with E-state index in [1.165, 1.54) is 12.1 Å². The highest BCUT2D eigenvalue weighted by Gasteiger charge is 2.44. The molecule has 0 bridgehead atoms. The van der Waals surface area contributed by atoms with Crippen LogP contribution < -0.4 is 16.0 Å². The van der Waals surface area contributed by atoms with E-state index >= 15 is 0 Å². The maximum atomic E-state index is 13.8. The first kappa shape index (κ1) is 21.1. The fourth-order valence-corrected chi connectivity index (χ4v) is 4.41. The molecule has 0 spiro atoms. The molecule has 0 unspecified atom stereocenters. The first-order valence-electron chi connectivity index (χ1n) is 10.8. The van der Waals surface area contributed by atoms with Crippen LogP contribution in [0.5, 0.6) is 0 Å². The van der Waals surface area contributed by atoms with Gasteiger partial charge >= 0.3 is 6.03 Å². The summed E-state index contributed by atoms with van der Waals surface area (Å²) in [6.45, 7) is 0.944. The first-order valence-corrected chi connectivity index (χ1v) is 10.8. The highest BCUT2D eigenvalue weighted by molar-refractivity contribution is 5.90. The van der Waals surface area contributed by atoms with Gasteiger partial charge in [0.1, 0.15) is 5.82 Å². The molecule has 5 rings (SSSR count). The standard InChI is InChI=1S/C23H23FN6O3/c24-17-8-4-5-9-18(17)27-23(32)26-15-10-19-21(31)25-12-16(30(19)13-15)11-20-28-29-22(33-20)14-6-2-1-3-7-14/h1-9,15-16,19H,10-13H2,(H,25,31)(H2,26,27,32)/t15-,16+,19-/m0/s1. The number of carbonyl (C=O) groups excluding carboxylic acids is 2.